The highest BCUT2D eigenvalue weighted by Crippen LogP contribution is 2.02. The van der Waals surface area contributed by atoms with Crippen molar-refractivity contribution in [2.45, 2.75) is 18.9 Å². The third-order valence-corrected chi connectivity index (χ3v) is 2.29. The van der Waals surface area contributed by atoms with Gasteiger partial charge in [0.05, 0.1) is 12.7 Å². The van der Waals surface area contributed by atoms with Crippen LogP contribution in [0, 0.1) is 0 Å². The van der Waals surface area contributed by atoms with E-state index in [1.165, 1.54) is 25.8 Å². The number of carbonyl (C=O) groups is 3. The molecular weight excluding hydrogens is 254 g/mol. The van der Waals surface area contributed by atoms with Gasteiger partial charge in [0, 0.05) is 18.8 Å². The van der Waals surface area contributed by atoms with Gasteiger partial charge in [0.15, 0.2) is 0 Å². The number of methoxy groups -OCH3 is 1. The maximum atomic E-state index is 11.7. The third-order valence-electron chi connectivity index (χ3n) is 2.29. The molecule has 0 radical (unpaired) electrons. The normalized spacial score (nSPS) is 11.4. The largest absolute Gasteiger partial charge is 0.480 e. The lowest BCUT2D eigenvalue weighted by Gasteiger charge is -2.13. The summed E-state index contributed by atoms with van der Waals surface area (Å²) in [6.07, 6.45) is 3.63. The van der Waals surface area contributed by atoms with E-state index in [2.05, 4.69) is 20.0 Å². The molecule has 1 amide bonds. The number of carboxylic acid groups (broad SMARTS) is 1. The number of nitrogens with one attached hydrogen (secondary N) is 1. The quantitative estimate of drug-likeness (QED) is 0.674. The number of carbonyl (C=O) groups excluding carboxylic acids is 2. The molecule has 0 aliphatic carbocycles. The summed E-state index contributed by atoms with van der Waals surface area (Å²) in [6.45, 7) is 0. The molecule has 1 aromatic rings. The Hall–Kier alpha value is -2.51. The molecule has 2 N–H and O–H groups in total. The van der Waals surface area contributed by atoms with Gasteiger partial charge in [-0.2, -0.15) is 0 Å². The zero-order valence-corrected chi connectivity index (χ0v) is 10.2. The number of nitrogens with zero attached hydrogens (tertiary/aromatic N) is 2. The van der Waals surface area contributed by atoms with Gasteiger partial charge in [-0.15, -0.1) is 0 Å². The van der Waals surface area contributed by atoms with Crippen LogP contribution >= 0.6 is 0 Å². The maximum absolute atomic E-state index is 11.7. The Labute approximate surface area is 108 Å². The van der Waals surface area contributed by atoms with Gasteiger partial charge in [0.25, 0.3) is 5.91 Å². The van der Waals surface area contributed by atoms with E-state index in [9.17, 15) is 14.4 Å². The molecule has 0 aromatic carbocycles. The molecule has 1 aromatic heterocycles. The number of rotatable bonds is 6. The lowest BCUT2D eigenvalue weighted by Crippen LogP contribution is -2.41. The molecule has 19 heavy (non-hydrogen) atoms. The molecule has 0 saturated carbocycles. The first-order chi connectivity index (χ1) is 9.04. The molecule has 0 bridgehead atoms. The van der Waals surface area contributed by atoms with E-state index in [4.69, 9.17) is 5.11 Å². The van der Waals surface area contributed by atoms with Crippen LogP contribution in [-0.4, -0.2) is 46.1 Å². The van der Waals surface area contributed by atoms with Crippen molar-refractivity contribution in [3.8, 4) is 0 Å². The molecule has 0 spiro atoms. The van der Waals surface area contributed by atoms with Gasteiger partial charge < -0.3 is 15.2 Å². The third kappa shape index (κ3) is 4.70. The number of hydrogen-bond acceptors (Lipinski definition) is 6. The van der Waals surface area contributed by atoms with Gasteiger partial charge in [0.1, 0.15) is 12.4 Å². The van der Waals surface area contributed by atoms with Crippen LogP contribution in [0.15, 0.2) is 18.7 Å². The van der Waals surface area contributed by atoms with Crippen LogP contribution in [-0.2, 0) is 14.3 Å². The van der Waals surface area contributed by atoms with Crippen molar-refractivity contribution in [3.05, 3.63) is 24.3 Å². The van der Waals surface area contributed by atoms with Gasteiger partial charge in [0.2, 0.25) is 0 Å². The average molecular weight is 267 g/mol. The minimum Gasteiger partial charge on any atom is -0.480 e. The second kappa shape index (κ2) is 7.04. The summed E-state index contributed by atoms with van der Waals surface area (Å²) in [4.78, 5) is 40.9. The standard InChI is InChI=1S/C11H13N3O5/c1-19-9(15)3-2-8(11(17)18)14-10(16)7-4-12-6-13-5-7/h4-6,8H,2-3H2,1H3,(H,14,16)(H,17,18)/t8-/m1/s1. The van der Waals surface area contributed by atoms with Crippen molar-refractivity contribution in [2.75, 3.05) is 7.11 Å². The minimum absolute atomic E-state index is 0.0541. The number of amides is 1. The molecule has 0 aliphatic heterocycles. The fraction of sp³-hybridized carbons (Fsp3) is 0.364. The molecule has 8 nitrogen and oxygen atoms in total. The fourth-order valence-electron chi connectivity index (χ4n) is 1.28. The van der Waals surface area contributed by atoms with Crippen LogP contribution in [0.1, 0.15) is 23.2 Å². The molecule has 8 heteroatoms. The van der Waals surface area contributed by atoms with Crippen molar-refractivity contribution >= 4 is 17.8 Å². The second-order valence-electron chi connectivity index (χ2n) is 3.61. The SMILES string of the molecule is COC(=O)CC[C@@H](NC(=O)c1cncnc1)C(=O)O. The average Bonchev–Trinajstić information content (AvgIpc) is 2.43. The summed E-state index contributed by atoms with van der Waals surface area (Å²) < 4.78 is 4.41. The van der Waals surface area contributed by atoms with E-state index in [1.54, 1.807) is 0 Å². The molecule has 1 rings (SSSR count). The van der Waals surface area contributed by atoms with Crippen LogP contribution < -0.4 is 5.32 Å². The molecule has 0 fully saturated rings. The van der Waals surface area contributed by atoms with E-state index in [1.807, 2.05) is 0 Å². The highest BCUT2D eigenvalue weighted by molar-refractivity contribution is 5.96. The van der Waals surface area contributed by atoms with Crippen molar-refractivity contribution < 1.29 is 24.2 Å². The number of carboxylic acids is 1. The lowest BCUT2D eigenvalue weighted by molar-refractivity contribution is -0.142. The molecular formula is C11H13N3O5. The second-order valence-corrected chi connectivity index (χ2v) is 3.61. The Morgan fingerprint density at radius 3 is 2.53 bits per heavy atom. The molecule has 0 unspecified atom stereocenters. The fourth-order valence-corrected chi connectivity index (χ4v) is 1.28. The van der Waals surface area contributed by atoms with E-state index >= 15 is 0 Å². The summed E-state index contributed by atoms with van der Waals surface area (Å²) in [7, 11) is 1.21. The molecule has 1 atom stereocenters. The summed E-state index contributed by atoms with van der Waals surface area (Å²) in [5.41, 5.74) is 0.145. The Balaban J connectivity index is 2.61. The minimum atomic E-state index is -1.23. The number of aromatic nitrogens is 2. The van der Waals surface area contributed by atoms with E-state index in [0.29, 0.717) is 0 Å². The van der Waals surface area contributed by atoms with Crippen molar-refractivity contribution in [1.29, 1.82) is 0 Å². The maximum Gasteiger partial charge on any atom is 0.326 e. The topological polar surface area (TPSA) is 118 Å². The number of ether oxygens (including phenoxy) is 1. The van der Waals surface area contributed by atoms with Crippen molar-refractivity contribution in [1.82, 2.24) is 15.3 Å². The van der Waals surface area contributed by atoms with Crippen LogP contribution in [0.2, 0.25) is 0 Å². The molecule has 102 valence electrons. The Kier molecular flexibility index (Phi) is 5.39. The smallest absolute Gasteiger partial charge is 0.326 e. The highest BCUT2D eigenvalue weighted by Gasteiger charge is 2.22. The number of hydrogen-bond donors (Lipinski definition) is 2. The van der Waals surface area contributed by atoms with Gasteiger partial charge in [-0.05, 0) is 6.42 Å². The van der Waals surface area contributed by atoms with Crippen LogP contribution in [0.5, 0.6) is 0 Å². The molecule has 0 saturated heterocycles. The Morgan fingerprint density at radius 2 is 2.00 bits per heavy atom. The number of esters is 1. The summed E-state index contributed by atoms with van der Waals surface area (Å²) in [5, 5.41) is 11.2. The first kappa shape index (κ1) is 14.6. The number of aliphatic carboxylic acids is 1. The van der Waals surface area contributed by atoms with Crippen molar-refractivity contribution in [2.24, 2.45) is 0 Å². The zero-order valence-electron chi connectivity index (χ0n) is 10.2. The Bertz CT molecular complexity index is 463. The van der Waals surface area contributed by atoms with E-state index in [-0.39, 0.29) is 18.4 Å². The zero-order chi connectivity index (χ0) is 14.3. The van der Waals surface area contributed by atoms with E-state index < -0.39 is 23.9 Å². The van der Waals surface area contributed by atoms with Gasteiger partial charge in [-0.3, -0.25) is 9.59 Å². The Morgan fingerprint density at radius 1 is 1.37 bits per heavy atom. The predicted molar refractivity (Wildman–Crippen MR) is 62.2 cm³/mol. The summed E-state index contributed by atoms with van der Waals surface area (Å²) in [5.74, 6) is -2.38. The first-order valence-corrected chi connectivity index (χ1v) is 5.40. The van der Waals surface area contributed by atoms with Crippen LogP contribution in [0.25, 0.3) is 0 Å². The molecule has 0 aliphatic rings. The van der Waals surface area contributed by atoms with Crippen LogP contribution in [0.4, 0.5) is 0 Å². The monoisotopic (exact) mass is 267 g/mol. The summed E-state index contributed by atoms with van der Waals surface area (Å²) in [6, 6.07) is -1.17. The molecule has 1 heterocycles. The first-order valence-electron chi connectivity index (χ1n) is 5.40. The summed E-state index contributed by atoms with van der Waals surface area (Å²) >= 11 is 0. The highest BCUT2D eigenvalue weighted by atomic mass is 16.5. The van der Waals surface area contributed by atoms with Gasteiger partial charge in [-0.25, -0.2) is 14.8 Å². The lowest BCUT2D eigenvalue weighted by atomic mass is 10.1. The predicted octanol–water partition coefficient (Wildman–Crippen LogP) is -0.387. The van der Waals surface area contributed by atoms with Crippen LogP contribution in [0.3, 0.4) is 0 Å². The van der Waals surface area contributed by atoms with Gasteiger partial charge >= 0.3 is 11.9 Å². The van der Waals surface area contributed by atoms with Crippen molar-refractivity contribution in [3.63, 3.8) is 0 Å². The van der Waals surface area contributed by atoms with E-state index in [0.717, 1.165) is 0 Å². The van der Waals surface area contributed by atoms with Gasteiger partial charge in [-0.1, -0.05) is 0 Å².